The van der Waals surface area contributed by atoms with Gasteiger partial charge >= 0.3 is 0 Å². The van der Waals surface area contributed by atoms with Crippen molar-refractivity contribution in [1.29, 1.82) is 0 Å². The predicted octanol–water partition coefficient (Wildman–Crippen LogP) is 2.65. The summed E-state index contributed by atoms with van der Waals surface area (Å²) in [5.41, 5.74) is 6.62. The second kappa shape index (κ2) is 4.82. The summed E-state index contributed by atoms with van der Waals surface area (Å²) in [6.45, 7) is 4.00. The highest BCUT2D eigenvalue weighted by molar-refractivity contribution is 5.63. The van der Waals surface area contributed by atoms with Gasteiger partial charge in [0.2, 0.25) is 0 Å². The van der Waals surface area contributed by atoms with Gasteiger partial charge in [0.15, 0.2) is 0 Å². The van der Waals surface area contributed by atoms with Crippen LogP contribution >= 0.6 is 0 Å². The van der Waals surface area contributed by atoms with Crippen LogP contribution in [0, 0.1) is 11.7 Å². The summed E-state index contributed by atoms with van der Waals surface area (Å²) in [7, 11) is 1.55. The summed E-state index contributed by atoms with van der Waals surface area (Å²) in [5, 5.41) is 0. The molecule has 2 rings (SSSR count). The zero-order valence-corrected chi connectivity index (χ0v) is 10.4. The fraction of sp³-hybridized carbons (Fsp3) is 0.538. The lowest BCUT2D eigenvalue weighted by atomic mass is 10.1. The van der Waals surface area contributed by atoms with Crippen molar-refractivity contribution < 1.29 is 9.13 Å². The molecule has 0 spiro atoms. The molecule has 1 atom stereocenters. The predicted molar refractivity (Wildman–Crippen MR) is 68.0 cm³/mol. The minimum atomic E-state index is -0.264. The van der Waals surface area contributed by atoms with Crippen LogP contribution in [-0.4, -0.2) is 20.2 Å². The lowest BCUT2D eigenvalue weighted by Crippen LogP contribution is -2.21. The van der Waals surface area contributed by atoms with Crippen molar-refractivity contribution in [1.82, 2.24) is 0 Å². The molecule has 2 N–H and O–H groups in total. The zero-order valence-electron chi connectivity index (χ0n) is 10.4. The van der Waals surface area contributed by atoms with Gasteiger partial charge in [-0.1, -0.05) is 13.3 Å². The summed E-state index contributed by atoms with van der Waals surface area (Å²) in [4.78, 5) is 2.07. The average Bonchev–Trinajstić information content (AvgIpc) is 2.78. The summed E-state index contributed by atoms with van der Waals surface area (Å²) < 4.78 is 19.0. The molecule has 1 saturated heterocycles. The number of halogens is 1. The number of hydrogen-bond acceptors (Lipinski definition) is 3. The number of methoxy groups -OCH3 is 1. The number of nitrogens with zero attached hydrogens (tertiary/aromatic N) is 1. The van der Waals surface area contributed by atoms with E-state index in [0.717, 1.165) is 25.9 Å². The van der Waals surface area contributed by atoms with Crippen molar-refractivity contribution in [3.05, 3.63) is 17.9 Å². The van der Waals surface area contributed by atoms with E-state index in [1.165, 1.54) is 6.07 Å². The van der Waals surface area contributed by atoms with Crippen molar-refractivity contribution in [2.24, 2.45) is 5.92 Å². The number of hydrogen-bond donors (Lipinski definition) is 1. The van der Waals surface area contributed by atoms with E-state index in [0.29, 0.717) is 23.0 Å². The fourth-order valence-electron chi connectivity index (χ4n) is 2.36. The van der Waals surface area contributed by atoms with E-state index < -0.39 is 0 Å². The zero-order chi connectivity index (χ0) is 12.4. The van der Waals surface area contributed by atoms with Crippen LogP contribution in [0.5, 0.6) is 5.75 Å². The number of rotatable bonds is 3. The molecule has 4 heteroatoms. The Labute approximate surface area is 101 Å². The van der Waals surface area contributed by atoms with Crippen LogP contribution in [0.1, 0.15) is 19.8 Å². The first-order chi connectivity index (χ1) is 8.15. The maximum Gasteiger partial charge on any atom is 0.148 e. The Kier molecular flexibility index (Phi) is 3.41. The Morgan fingerprint density at radius 2 is 2.29 bits per heavy atom. The molecule has 1 fully saturated rings. The lowest BCUT2D eigenvalue weighted by molar-refractivity contribution is 0.416. The minimum Gasteiger partial charge on any atom is -0.495 e. The first-order valence-corrected chi connectivity index (χ1v) is 6.03. The molecule has 1 unspecified atom stereocenters. The van der Waals surface area contributed by atoms with Gasteiger partial charge in [-0.05, 0) is 12.3 Å². The van der Waals surface area contributed by atoms with Gasteiger partial charge < -0.3 is 15.4 Å². The molecule has 0 aliphatic carbocycles. The van der Waals surface area contributed by atoms with Crippen LogP contribution < -0.4 is 15.4 Å². The maximum atomic E-state index is 13.9. The number of nitrogens with two attached hydrogens (primary N) is 1. The van der Waals surface area contributed by atoms with Crippen LogP contribution in [0.3, 0.4) is 0 Å². The highest BCUT2D eigenvalue weighted by atomic mass is 19.1. The van der Waals surface area contributed by atoms with Crippen molar-refractivity contribution in [3.63, 3.8) is 0 Å². The van der Waals surface area contributed by atoms with Crippen LogP contribution in [0.25, 0.3) is 0 Å². The largest absolute Gasteiger partial charge is 0.495 e. The molecular weight excluding hydrogens is 219 g/mol. The van der Waals surface area contributed by atoms with E-state index in [1.807, 2.05) is 0 Å². The third-order valence-corrected chi connectivity index (χ3v) is 3.50. The van der Waals surface area contributed by atoms with E-state index in [4.69, 9.17) is 10.5 Å². The van der Waals surface area contributed by atoms with Gasteiger partial charge in [-0.2, -0.15) is 0 Å². The molecule has 17 heavy (non-hydrogen) atoms. The van der Waals surface area contributed by atoms with Crippen LogP contribution in [0.2, 0.25) is 0 Å². The summed E-state index contributed by atoms with van der Waals surface area (Å²) in [5.74, 6) is 0.944. The second-order valence-electron chi connectivity index (χ2n) is 4.55. The highest BCUT2D eigenvalue weighted by Crippen LogP contribution is 2.33. The normalized spacial score (nSPS) is 19.7. The lowest BCUT2D eigenvalue weighted by Gasteiger charge is -2.20. The van der Waals surface area contributed by atoms with Gasteiger partial charge in [0.25, 0.3) is 0 Å². The maximum absolute atomic E-state index is 13.9. The standard InChI is InChI=1S/C13H19FN2O/c1-3-9-4-5-16(8-9)12-7-13(17-2)11(15)6-10(12)14/h6-7,9H,3-5,8,15H2,1-2H3. The Bertz CT molecular complexity index is 409. The molecule has 1 aliphatic rings. The third kappa shape index (κ3) is 2.30. The van der Waals surface area contributed by atoms with Crippen molar-refractivity contribution in [3.8, 4) is 5.75 Å². The molecule has 1 heterocycles. The molecule has 3 nitrogen and oxygen atoms in total. The fourth-order valence-corrected chi connectivity index (χ4v) is 2.36. The minimum absolute atomic E-state index is 0.264. The monoisotopic (exact) mass is 238 g/mol. The topological polar surface area (TPSA) is 38.5 Å². The van der Waals surface area contributed by atoms with Gasteiger partial charge in [0.05, 0.1) is 18.5 Å². The molecule has 1 aromatic carbocycles. The molecular formula is C13H19FN2O. The Morgan fingerprint density at radius 3 is 2.88 bits per heavy atom. The number of anilines is 2. The van der Waals surface area contributed by atoms with E-state index in [9.17, 15) is 4.39 Å². The van der Waals surface area contributed by atoms with Crippen molar-refractivity contribution in [2.45, 2.75) is 19.8 Å². The quantitative estimate of drug-likeness (QED) is 0.823. The van der Waals surface area contributed by atoms with E-state index in [2.05, 4.69) is 11.8 Å². The summed E-state index contributed by atoms with van der Waals surface area (Å²) >= 11 is 0. The second-order valence-corrected chi connectivity index (χ2v) is 4.55. The Hall–Kier alpha value is -1.45. The van der Waals surface area contributed by atoms with Gasteiger partial charge in [0, 0.05) is 25.2 Å². The van der Waals surface area contributed by atoms with Gasteiger partial charge in [-0.25, -0.2) is 4.39 Å². The SMILES string of the molecule is CCC1CCN(c2cc(OC)c(N)cc2F)C1. The summed E-state index contributed by atoms with van der Waals surface area (Å²) in [6.07, 6.45) is 2.27. The number of nitrogen functional groups attached to an aromatic ring is 1. The number of benzene rings is 1. The van der Waals surface area contributed by atoms with Crippen LogP contribution in [0.4, 0.5) is 15.8 Å². The highest BCUT2D eigenvalue weighted by Gasteiger charge is 2.24. The Balaban J connectivity index is 2.26. The smallest absolute Gasteiger partial charge is 0.148 e. The van der Waals surface area contributed by atoms with Crippen molar-refractivity contribution >= 4 is 11.4 Å². The Morgan fingerprint density at radius 1 is 1.53 bits per heavy atom. The van der Waals surface area contributed by atoms with E-state index in [-0.39, 0.29) is 5.82 Å². The molecule has 0 radical (unpaired) electrons. The van der Waals surface area contributed by atoms with Gasteiger partial charge in [-0.3, -0.25) is 0 Å². The summed E-state index contributed by atoms with van der Waals surface area (Å²) in [6, 6.07) is 3.04. The van der Waals surface area contributed by atoms with Gasteiger partial charge in [0.1, 0.15) is 11.6 Å². The van der Waals surface area contributed by atoms with E-state index >= 15 is 0 Å². The van der Waals surface area contributed by atoms with Crippen LogP contribution in [0.15, 0.2) is 12.1 Å². The number of ether oxygens (including phenoxy) is 1. The molecule has 0 aromatic heterocycles. The van der Waals surface area contributed by atoms with E-state index in [1.54, 1.807) is 13.2 Å². The van der Waals surface area contributed by atoms with Gasteiger partial charge in [-0.15, -0.1) is 0 Å². The third-order valence-electron chi connectivity index (χ3n) is 3.50. The molecule has 0 saturated carbocycles. The molecule has 1 aromatic rings. The average molecular weight is 238 g/mol. The molecule has 0 bridgehead atoms. The molecule has 94 valence electrons. The first-order valence-electron chi connectivity index (χ1n) is 6.03. The van der Waals surface area contributed by atoms with Crippen LogP contribution in [-0.2, 0) is 0 Å². The first kappa shape index (κ1) is 12.0. The molecule has 1 aliphatic heterocycles. The van der Waals surface area contributed by atoms with Crippen molar-refractivity contribution in [2.75, 3.05) is 30.8 Å². The molecule has 0 amide bonds.